The molecule has 3 nitrogen and oxygen atoms in total. The van der Waals surface area contributed by atoms with Crippen LogP contribution in [0.25, 0.3) is 0 Å². The normalized spacial score (nSPS) is 13.0. The van der Waals surface area contributed by atoms with Crippen molar-refractivity contribution in [2.24, 2.45) is 0 Å². The summed E-state index contributed by atoms with van der Waals surface area (Å²) in [5.41, 5.74) is 1.52. The summed E-state index contributed by atoms with van der Waals surface area (Å²) in [5, 5.41) is 0. The molecule has 0 spiro atoms. The van der Waals surface area contributed by atoms with Crippen molar-refractivity contribution >= 4 is 5.91 Å². The lowest BCUT2D eigenvalue weighted by Crippen LogP contribution is -2.17. The maximum atomic E-state index is 14.4. The number of ether oxygens (including phenoxy) is 1. The maximum absolute atomic E-state index is 14.4. The van der Waals surface area contributed by atoms with E-state index >= 15 is 0 Å². The third-order valence-corrected chi connectivity index (χ3v) is 3.37. The highest BCUT2D eigenvalue weighted by Gasteiger charge is 2.31. The lowest BCUT2D eigenvalue weighted by atomic mass is 10.1. The first-order chi connectivity index (χ1) is 10.2. The molecule has 0 fully saturated rings. The van der Waals surface area contributed by atoms with Gasteiger partial charge in [0.05, 0.1) is 12.1 Å². The second-order valence-corrected chi connectivity index (χ2v) is 4.71. The second kappa shape index (κ2) is 5.29. The highest BCUT2D eigenvalue weighted by atomic mass is 19.1. The number of nitrogens with zero attached hydrogens (tertiary/aromatic N) is 1. The van der Waals surface area contributed by atoms with Crippen LogP contribution in [0.1, 0.15) is 21.5 Å². The molecule has 2 aromatic rings. The van der Waals surface area contributed by atoms with Gasteiger partial charge in [-0.25, -0.2) is 4.39 Å². The summed E-state index contributed by atoms with van der Waals surface area (Å²) in [6.07, 6.45) is 5.23. The van der Waals surface area contributed by atoms with Crippen LogP contribution in [0.3, 0.4) is 0 Å². The Bertz CT molecular complexity index is 734. The molecule has 1 heterocycles. The van der Waals surface area contributed by atoms with Crippen molar-refractivity contribution in [3.8, 4) is 18.2 Å². The number of benzene rings is 2. The average Bonchev–Trinajstić information content (AvgIpc) is 2.84. The molecule has 0 aromatic heterocycles. The Morgan fingerprint density at radius 3 is 2.71 bits per heavy atom. The molecule has 4 heteroatoms. The van der Waals surface area contributed by atoms with E-state index in [2.05, 4.69) is 6.04 Å². The molecule has 21 heavy (non-hydrogen) atoms. The van der Waals surface area contributed by atoms with E-state index in [0.717, 1.165) is 10.5 Å². The fraction of sp³-hybridized carbons (Fsp3) is 0.118. The van der Waals surface area contributed by atoms with Crippen molar-refractivity contribution < 1.29 is 13.9 Å². The monoisotopic (exact) mass is 281 g/mol. The highest BCUT2D eigenvalue weighted by molar-refractivity contribution is 6.00. The summed E-state index contributed by atoms with van der Waals surface area (Å²) < 4.78 is 19.9. The Morgan fingerprint density at radius 1 is 1.24 bits per heavy atom. The lowest BCUT2D eigenvalue weighted by molar-refractivity contribution is 0.0850. The molecule has 0 atom stereocenters. The fourth-order valence-electron chi connectivity index (χ4n) is 2.29. The second-order valence-electron chi connectivity index (χ2n) is 4.71. The van der Waals surface area contributed by atoms with Gasteiger partial charge in [0.15, 0.2) is 11.6 Å². The third kappa shape index (κ3) is 2.34. The minimum Gasteiger partial charge on any atom is -0.486 e. The topological polar surface area (TPSA) is 29.5 Å². The number of fused-ring (bicyclic) bond motifs is 1. The van der Waals surface area contributed by atoms with Gasteiger partial charge < -0.3 is 4.74 Å². The fourth-order valence-corrected chi connectivity index (χ4v) is 2.29. The lowest BCUT2D eigenvalue weighted by Gasteiger charge is -2.09. The summed E-state index contributed by atoms with van der Waals surface area (Å²) in [7, 11) is 0. The SMILES string of the molecule is C#CN1Cc2ccc(OCc3ccccc3)c(F)c2C1=O. The molecule has 1 aliphatic heterocycles. The van der Waals surface area contributed by atoms with Crippen molar-refractivity contribution in [3.05, 3.63) is 65.0 Å². The van der Waals surface area contributed by atoms with Gasteiger partial charge in [-0.3, -0.25) is 9.69 Å². The van der Waals surface area contributed by atoms with Crippen LogP contribution in [0, 0.1) is 18.3 Å². The largest absolute Gasteiger partial charge is 0.486 e. The molecule has 3 rings (SSSR count). The molecule has 0 saturated heterocycles. The molecule has 0 saturated carbocycles. The first-order valence-electron chi connectivity index (χ1n) is 6.47. The van der Waals surface area contributed by atoms with Gasteiger partial charge in [-0.05, 0) is 17.2 Å². The standard InChI is InChI=1S/C17H12FNO2/c1-2-19-10-13-8-9-14(16(18)15(13)17(19)20)21-11-12-6-4-3-5-7-12/h1,3-9H,10-11H2. The zero-order valence-corrected chi connectivity index (χ0v) is 11.2. The zero-order chi connectivity index (χ0) is 14.8. The van der Waals surface area contributed by atoms with Crippen LogP contribution in [-0.4, -0.2) is 10.8 Å². The summed E-state index contributed by atoms with van der Waals surface area (Å²) in [5.74, 6) is -1.08. The van der Waals surface area contributed by atoms with E-state index in [1.165, 1.54) is 6.07 Å². The van der Waals surface area contributed by atoms with E-state index in [1.807, 2.05) is 30.3 Å². The zero-order valence-electron chi connectivity index (χ0n) is 11.2. The molecular formula is C17H12FNO2. The van der Waals surface area contributed by atoms with E-state index in [1.54, 1.807) is 6.07 Å². The predicted molar refractivity (Wildman–Crippen MR) is 75.9 cm³/mol. The Morgan fingerprint density at radius 2 is 2.00 bits per heavy atom. The van der Waals surface area contributed by atoms with Gasteiger partial charge in [0.1, 0.15) is 6.61 Å². The Hall–Kier alpha value is -2.80. The number of rotatable bonds is 3. The molecule has 1 aliphatic rings. The van der Waals surface area contributed by atoms with Crippen molar-refractivity contribution in [3.63, 3.8) is 0 Å². The molecule has 0 radical (unpaired) electrons. The van der Waals surface area contributed by atoms with E-state index in [4.69, 9.17) is 11.2 Å². The van der Waals surface area contributed by atoms with Crippen LogP contribution in [0.2, 0.25) is 0 Å². The minimum atomic E-state index is -0.647. The predicted octanol–water partition coefficient (Wildman–Crippen LogP) is 2.95. The number of terminal acetylenes is 1. The molecule has 0 aliphatic carbocycles. The first kappa shape index (κ1) is 13.2. The van der Waals surface area contributed by atoms with E-state index < -0.39 is 11.7 Å². The van der Waals surface area contributed by atoms with Crippen molar-refractivity contribution in [2.45, 2.75) is 13.2 Å². The highest BCUT2D eigenvalue weighted by Crippen LogP contribution is 2.30. The van der Waals surface area contributed by atoms with Crippen LogP contribution < -0.4 is 4.74 Å². The van der Waals surface area contributed by atoms with Gasteiger partial charge >= 0.3 is 0 Å². The number of hydrogen-bond donors (Lipinski definition) is 0. The third-order valence-electron chi connectivity index (χ3n) is 3.37. The number of carbonyl (C=O) groups excluding carboxylic acids is 1. The van der Waals surface area contributed by atoms with Gasteiger partial charge in [0.25, 0.3) is 5.91 Å². The first-order valence-corrected chi connectivity index (χ1v) is 6.47. The van der Waals surface area contributed by atoms with Crippen LogP contribution >= 0.6 is 0 Å². The van der Waals surface area contributed by atoms with Crippen molar-refractivity contribution in [1.82, 2.24) is 4.90 Å². The smallest absolute Gasteiger partial charge is 0.269 e. The van der Waals surface area contributed by atoms with Gasteiger partial charge in [0.2, 0.25) is 0 Å². The molecule has 2 aromatic carbocycles. The number of halogens is 1. The molecule has 104 valence electrons. The number of hydrogen-bond acceptors (Lipinski definition) is 2. The van der Waals surface area contributed by atoms with Crippen LogP contribution in [0.15, 0.2) is 42.5 Å². The number of carbonyl (C=O) groups is 1. The quantitative estimate of drug-likeness (QED) is 0.810. The molecule has 1 amide bonds. The Balaban J connectivity index is 1.85. The van der Waals surface area contributed by atoms with Crippen LogP contribution in [0.5, 0.6) is 5.75 Å². The summed E-state index contributed by atoms with van der Waals surface area (Å²) in [6.45, 7) is 0.476. The Labute approximate surface area is 122 Å². The molecular weight excluding hydrogens is 269 g/mol. The van der Waals surface area contributed by atoms with E-state index in [-0.39, 0.29) is 24.5 Å². The number of amides is 1. The maximum Gasteiger partial charge on any atom is 0.269 e. The van der Waals surface area contributed by atoms with E-state index in [9.17, 15) is 9.18 Å². The summed E-state index contributed by atoms with van der Waals surface area (Å²) >= 11 is 0. The molecule has 0 unspecified atom stereocenters. The summed E-state index contributed by atoms with van der Waals surface area (Å²) in [6, 6.07) is 14.9. The molecule has 0 bridgehead atoms. The summed E-state index contributed by atoms with van der Waals surface area (Å²) in [4.78, 5) is 13.1. The average molecular weight is 281 g/mol. The Kier molecular flexibility index (Phi) is 3.33. The van der Waals surface area contributed by atoms with Crippen LogP contribution in [-0.2, 0) is 13.2 Å². The van der Waals surface area contributed by atoms with Gasteiger partial charge in [0, 0.05) is 6.04 Å². The van der Waals surface area contributed by atoms with Gasteiger partial charge in [-0.1, -0.05) is 42.8 Å². The van der Waals surface area contributed by atoms with Crippen LogP contribution in [0.4, 0.5) is 4.39 Å². The van der Waals surface area contributed by atoms with Crippen molar-refractivity contribution in [2.75, 3.05) is 0 Å². The van der Waals surface area contributed by atoms with Gasteiger partial charge in [-0.2, -0.15) is 0 Å². The van der Waals surface area contributed by atoms with Crippen molar-refractivity contribution in [1.29, 1.82) is 0 Å². The van der Waals surface area contributed by atoms with Gasteiger partial charge in [-0.15, -0.1) is 0 Å². The minimum absolute atomic E-state index is 0.0125. The molecule has 0 N–H and O–H groups in total. The van der Waals surface area contributed by atoms with E-state index in [0.29, 0.717) is 5.56 Å².